The van der Waals surface area contributed by atoms with Gasteiger partial charge in [0.25, 0.3) is 0 Å². The number of likely N-dealkylation sites (N-methyl/N-ethyl adjacent to an activating group) is 1. The van der Waals surface area contributed by atoms with Crippen molar-refractivity contribution in [3.05, 3.63) is 17.7 Å². The molecule has 17 heavy (non-hydrogen) atoms. The maximum absolute atomic E-state index is 11.5. The van der Waals surface area contributed by atoms with E-state index in [1.54, 1.807) is 0 Å². The van der Waals surface area contributed by atoms with E-state index in [2.05, 4.69) is 15.6 Å². The molecule has 0 bridgehead atoms. The van der Waals surface area contributed by atoms with Crippen LogP contribution in [0, 0.1) is 6.92 Å². The van der Waals surface area contributed by atoms with E-state index in [0.29, 0.717) is 13.1 Å². The van der Waals surface area contributed by atoms with Gasteiger partial charge < -0.3 is 9.88 Å². The summed E-state index contributed by atoms with van der Waals surface area (Å²) in [7, 11) is 1.97. The summed E-state index contributed by atoms with van der Waals surface area (Å²) in [6.45, 7) is 7.02. The summed E-state index contributed by atoms with van der Waals surface area (Å²) in [4.78, 5) is 15.7. The topological polar surface area (TPSA) is 59.0 Å². The Morgan fingerprint density at radius 2 is 2.24 bits per heavy atom. The molecule has 1 amide bonds. The van der Waals surface area contributed by atoms with Crippen LogP contribution in [0.5, 0.6) is 0 Å². The minimum atomic E-state index is -0.197. The lowest BCUT2D eigenvalue weighted by Gasteiger charge is -2.13. The molecule has 0 aliphatic carbocycles. The molecule has 2 N–H and O–H groups in total. The first-order valence-electron chi connectivity index (χ1n) is 5.54. The quantitative estimate of drug-likeness (QED) is 0.806. The van der Waals surface area contributed by atoms with Crippen LogP contribution >= 0.6 is 0 Å². The van der Waals surface area contributed by atoms with E-state index in [1.807, 2.05) is 38.6 Å². The van der Waals surface area contributed by atoms with Crippen molar-refractivity contribution in [2.45, 2.75) is 40.8 Å². The average Bonchev–Trinajstić information content (AvgIpc) is 2.57. The third kappa shape index (κ3) is 4.19. The van der Waals surface area contributed by atoms with Gasteiger partial charge in [-0.3, -0.25) is 10.1 Å². The van der Waals surface area contributed by atoms with E-state index < -0.39 is 0 Å². The molecular weight excluding hydrogens is 216 g/mol. The number of hydrogen-bond donors (Lipinski definition) is 2. The maximum Gasteiger partial charge on any atom is 0.236 e. The third-order valence-corrected chi connectivity index (χ3v) is 2.63. The molecule has 0 fully saturated rings. The molecule has 0 saturated carbocycles. The highest BCUT2D eigenvalue weighted by molar-refractivity contribution is 5.81. The second kappa shape index (κ2) is 7.06. The van der Waals surface area contributed by atoms with Gasteiger partial charge in [0.2, 0.25) is 5.91 Å². The van der Waals surface area contributed by atoms with Gasteiger partial charge in [-0.2, -0.15) is 0 Å². The summed E-state index contributed by atoms with van der Waals surface area (Å²) in [5, 5.41) is 5.92. The molecule has 98 valence electrons. The summed E-state index contributed by atoms with van der Waals surface area (Å²) in [6, 6.07) is -0.197. The van der Waals surface area contributed by atoms with Gasteiger partial charge in [-0.15, -0.1) is 0 Å². The molecule has 1 aromatic heterocycles. The smallest absolute Gasteiger partial charge is 0.236 e. The zero-order valence-electron chi connectivity index (χ0n) is 10.4. The molecule has 1 atom stereocenters. The Hall–Kier alpha value is -1.36. The van der Waals surface area contributed by atoms with Gasteiger partial charge >= 0.3 is 0 Å². The number of imidazole rings is 1. The van der Waals surface area contributed by atoms with E-state index in [-0.39, 0.29) is 19.4 Å². The lowest BCUT2D eigenvalue weighted by Crippen LogP contribution is -2.42. The number of hydrogen-bond acceptors (Lipinski definition) is 3. The Morgan fingerprint density at radius 3 is 2.71 bits per heavy atom. The van der Waals surface area contributed by atoms with Gasteiger partial charge in [0.15, 0.2) is 0 Å². The van der Waals surface area contributed by atoms with Crippen molar-refractivity contribution < 1.29 is 4.79 Å². The highest BCUT2D eigenvalue weighted by Crippen LogP contribution is 2.00. The number of nitrogens with zero attached hydrogens (tertiary/aromatic N) is 2. The van der Waals surface area contributed by atoms with Crippen LogP contribution < -0.4 is 10.6 Å². The van der Waals surface area contributed by atoms with Gasteiger partial charge in [-0.05, 0) is 20.8 Å². The first-order chi connectivity index (χ1) is 7.56. The van der Waals surface area contributed by atoms with Gasteiger partial charge in [0, 0.05) is 25.5 Å². The molecule has 0 saturated heterocycles. The van der Waals surface area contributed by atoms with Crippen molar-refractivity contribution in [1.82, 2.24) is 20.2 Å². The van der Waals surface area contributed by atoms with Crippen molar-refractivity contribution >= 4 is 5.91 Å². The highest BCUT2D eigenvalue weighted by atomic mass is 16.2. The first-order valence-corrected chi connectivity index (χ1v) is 5.54. The van der Waals surface area contributed by atoms with E-state index >= 15 is 0 Å². The van der Waals surface area contributed by atoms with Crippen LogP contribution in [-0.2, 0) is 18.4 Å². The molecule has 5 nitrogen and oxygen atoms in total. The zero-order chi connectivity index (χ0) is 12.1. The van der Waals surface area contributed by atoms with Crippen LogP contribution in [-0.4, -0.2) is 28.0 Å². The lowest BCUT2D eigenvalue weighted by atomic mass is 10.3. The minimum absolute atomic E-state index is 0. The Labute approximate surface area is 104 Å². The molecule has 0 unspecified atom stereocenters. The predicted molar refractivity (Wildman–Crippen MR) is 69.7 cm³/mol. The molecular formula is C12H24N4O. The second-order valence-electron chi connectivity index (χ2n) is 3.87. The van der Waals surface area contributed by atoms with Crippen LogP contribution in [0.25, 0.3) is 0 Å². The van der Waals surface area contributed by atoms with Gasteiger partial charge in [0.05, 0.1) is 12.6 Å². The number of carbonyl (C=O) groups excluding carboxylic acids is 1. The maximum atomic E-state index is 11.5. The number of amides is 1. The number of carbonyl (C=O) groups is 1. The number of nitrogens with one attached hydrogen (secondary N) is 2. The molecule has 0 radical (unpaired) electrons. The van der Waals surface area contributed by atoms with Crippen LogP contribution in [0.1, 0.15) is 32.8 Å². The summed E-state index contributed by atoms with van der Waals surface area (Å²) < 4.78 is 2.01. The Kier molecular flexibility index (Phi) is 6.50. The van der Waals surface area contributed by atoms with Crippen molar-refractivity contribution in [3.63, 3.8) is 0 Å². The fraction of sp³-hybridized carbons (Fsp3) is 0.667. The molecule has 1 heterocycles. The third-order valence-electron chi connectivity index (χ3n) is 2.63. The average molecular weight is 240 g/mol. The van der Waals surface area contributed by atoms with Crippen LogP contribution in [0.15, 0.2) is 6.20 Å². The highest BCUT2D eigenvalue weighted by Gasteiger charge is 2.12. The molecule has 0 aliphatic rings. The molecule has 1 rings (SSSR count). The summed E-state index contributed by atoms with van der Waals surface area (Å²) in [5.74, 6) is 0.960. The van der Waals surface area contributed by atoms with E-state index in [0.717, 1.165) is 11.5 Å². The van der Waals surface area contributed by atoms with Crippen LogP contribution in [0.2, 0.25) is 0 Å². The predicted octanol–water partition coefficient (Wildman–Crippen LogP) is 0.979. The molecule has 0 aromatic carbocycles. The summed E-state index contributed by atoms with van der Waals surface area (Å²) >= 11 is 0. The van der Waals surface area contributed by atoms with Gasteiger partial charge in [-0.1, -0.05) is 7.43 Å². The van der Waals surface area contributed by atoms with Crippen LogP contribution in [0.3, 0.4) is 0 Å². The molecule has 5 heteroatoms. The molecule has 0 aliphatic heterocycles. The summed E-state index contributed by atoms with van der Waals surface area (Å²) in [5.41, 5.74) is 1.11. The van der Waals surface area contributed by atoms with Crippen molar-refractivity contribution in [2.75, 3.05) is 6.54 Å². The van der Waals surface area contributed by atoms with Gasteiger partial charge in [-0.25, -0.2) is 4.98 Å². The van der Waals surface area contributed by atoms with Crippen molar-refractivity contribution in [2.24, 2.45) is 7.05 Å². The number of aromatic nitrogens is 2. The summed E-state index contributed by atoms with van der Waals surface area (Å²) in [6.07, 6.45) is 1.83. The first kappa shape index (κ1) is 15.6. The van der Waals surface area contributed by atoms with Gasteiger partial charge in [0.1, 0.15) is 5.82 Å². The second-order valence-corrected chi connectivity index (χ2v) is 3.87. The number of rotatable bonds is 5. The molecule has 0 spiro atoms. The lowest BCUT2D eigenvalue weighted by molar-refractivity contribution is -0.122. The minimum Gasteiger partial charge on any atom is -0.355 e. The standard InChI is InChI=1S/C11H20N4O.CH4/c1-5-12-11(16)9(3)13-7-10-14-6-8(2)15(10)4;/h6,9,13H,5,7H2,1-4H3,(H,12,16);1H4/t9-;/m0./s1. The van der Waals surface area contributed by atoms with Crippen molar-refractivity contribution in [1.29, 1.82) is 0 Å². The largest absolute Gasteiger partial charge is 0.355 e. The zero-order valence-corrected chi connectivity index (χ0v) is 10.4. The SMILES string of the molecule is C.CCNC(=O)[C@H](C)NCc1ncc(C)n1C. The Bertz CT molecular complexity index is 359. The fourth-order valence-electron chi connectivity index (χ4n) is 1.37. The van der Waals surface area contributed by atoms with E-state index in [1.165, 1.54) is 0 Å². The van der Waals surface area contributed by atoms with Crippen LogP contribution in [0.4, 0.5) is 0 Å². The normalized spacial score (nSPS) is 11.8. The monoisotopic (exact) mass is 240 g/mol. The van der Waals surface area contributed by atoms with Crippen molar-refractivity contribution in [3.8, 4) is 0 Å². The number of aryl methyl sites for hydroxylation is 1. The van der Waals surface area contributed by atoms with E-state index in [9.17, 15) is 4.79 Å². The molecule has 1 aromatic rings. The van der Waals surface area contributed by atoms with E-state index in [4.69, 9.17) is 0 Å². The Morgan fingerprint density at radius 1 is 1.59 bits per heavy atom. The fourth-order valence-corrected chi connectivity index (χ4v) is 1.37. The Balaban J connectivity index is 0.00000256.